The molecule has 0 aromatic carbocycles. The Labute approximate surface area is 98.5 Å². The monoisotopic (exact) mass is 238 g/mol. The molecule has 0 unspecified atom stereocenters. The Kier molecular flexibility index (Phi) is 4.45. The predicted molar refractivity (Wildman–Crippen MR) is 59.7 cm³/mol. The summed E-state index contributed by atoms with van der Waals surface area (Å²) in [6, 6.07) is 1.30. The Hall–Kier alpha value is -2.11. The highest BCUT2D eigenvalue weighted by Crippen LogP contribution is 2.11. The van der Waals surface area contributed by atoms with Crippen molar-refractivity contribution in [3.63, 3.8) is 0 Å². The van der Waals surface area contributed by atoms with Gasteiger partial charge >= 0.3 is 5.97 Å². The van der Waals surface area contributed by atoms with Crippen molar-refractivity contribution in [1.82, 2.24) is 9.88 Å². The number of hydrogen-bond acceptors (Lipinski definition) is 4. The maximum Gasteiger partial charge on any atom is 0.305 e. The number of pyridine rings is 1. The molecule has 0 saturated heterocycles. The second kappa shape index (κ2) is 5.83. The van der Waals surface area contributed by atoms with E-state index in [1.807, 2.05) is 0 Å². The van der Waals surface area contributed by atoms with Gasteiger partial charge in [0.1, 0.15) is 5.75 Å². The molecule has 0 radical (unpaired) electrons. The van der Waals surface area contributed by atoms with Crippen LogP contribution in [-0.2, 0) is 4.79 Å². The lowest BCUT2D eigenvalue weighted by atomic mass is 10.2. The Morgan fingerprint density at radius 2 is 2.12 bits per heavy atom. The highest BCUT2D eigenvalue weighted by atomic mass is 16.4. The number of carbonyl (C=O) groups is 2. The molecule has 0 aliphatic heterocycles. The van der Waals surface area contributed by atoms with E-state index in [0.717, 1.165) is 0 Å². The minimum absolute atomic E-state index is 0.0925. The topological polar surface area (TPSA) is 90.7 Å². The highest BCUT2D eigenvalue weighted by Gasteiger charge is 2.15. The summed E-state index contributed by atoms with van der Waals surface area (Å²) >= 11 is 0. The molecule has 0 bridgehead atoms. The lowest BCUT2D eigenvalue weighted by Gasteiger charge is -2.19. The number of nitrogens with zero attached hydrogens (tertiary/aromatic N) is 2. The fraction of sp³-hybridized carbons (Fsp3) is 0.364. The van der Waals surface area contributed by atoms with E-state index in [9.17, 15) is 14.7 Å². The van der Waals surface area contributed by atoms with Crippen LogP contribution in [0.15, 0.2) is 18.5 Å². The minimum Gasteiger partial charge on any atom is -0.506 e. The van der Waals surface area contributed by atoms with Crippen LogP contribution in [0, 0.1) is 0 Å². The summed E-state index contributed by atoms with van der Waals surface area (Å²) in [5.41, 5.74) is 0.247. The first-order valence-electron chi connectivity index (χ1n) is 5.19. The standard InChI is InChI=1S/C11H14N2O4/c1-2-13(4-3-10(15)16)11(17)8-5-9(14)7-12-6-8/h5-7,14H,2-4H2,1H3,(H,15,16). The molecule has 1 aromatic heterocycles. The largest absolute Gasteiger partial charge is 0.506 e. The number of carbonyl (C=O) groups excluding carboxylic acids is 1. The number of amides is 1. The number of carboxylic acid groups (broad SMARTS) is 1. The molecule has 17 heavy (non-hydrogen) atoms. The smallest absolute Gasteiger partial charge is 0.305 e. The minimum atomic E-state index is -0.953. The van der Waals surface area contributed by atoms with Crippen LogP contribution in [-0.4, -0.2) is 45.1 Å². The first kappa shape index (κ1) is 13.0. The zero-order chi connectivity index (χ0) is 12.8. The summed E-state index contributed by atoms with van der Waals surface area (Å²) in [6.45, 7) is 2.30. The molecule has 2 N–H and O–H groups in total. The summed E-state index contributed by atoms with van der Waals surface area (Å²) in [7, 11) is 0. The van der Waals surface area contributed by atoms with Gasteiger partial charge in [-0.05, 0) is 13.0 Å². The fourth-order valence-corrected chi connectivity index (χ4v) is 1.36. The molecule has 1 amide bonds. The lowest BCUT2D eigenvalue weighted by Crippen LogP contribution is -2.32. The van der Waals surface area contributed by atoms with Crippen molar-refractivity contribution in [1.29, 1.82) is 0 Å². The third-order valence-electron chi connectivity index (χ3n) is 2.24. The second-order valence-electron chi connectivity index (χ2n) is 3.46. The van der Waals surface area contributed by atoms with E-state index >= 15 is 0 Å². The molecule has 6 nitrogen and oxygen atoms in total. The second-order valence-corrected chi connectivity index (χ2v) is 3.46. The highest BCUT2D eigenvalue weighted by molar-refractivity contribution is 5.94. The van der Waals surface area contributed by atoms with Crippen LogP contribution in [0.1, 0.15) is 23.7 Å². The Morgan fingerprint density at radius 3 is 2.65 bits per heavy atom. The quantitative estimate of drug-likeness (QED) is 0.788. The zero-order valence-electron chi connectivity index (χ0n) is 9.46. The number of aromatic hydroxyl groups is 1. The molecule has 0 aliphatic carbocycles. The summed E-state index contributed by atoms with van der Waals surface area (Å²) in [6.07, 6.45) is 2.46. The van der Waals surface area contributed by atoms with Crippen LogP contribution >= 0.6 is 0 Å². The molecule has 92 valence electrons. The van der Waals surface area contributed by atoms with Gasteiger partial charge in [-0.2, -0.15) is 0 Å². The van der Waals surface area contributed by atoms with Crippen molar-refractivity contribution in [2.75, 3.05) is 13.1 Å². The van der Waals surface area contributed by atoms with E-state index in [1.54, 1.807) is 6.92 Å². The molecule has 0 saturated carbocycles. The van der Waals surface area contributed by atoms with Gasteiger partial charge in [0.25, 0.3) is 5.91 Å². The van der Waals surface area contributed by atoms with Crippen molar-refractivity contribution in [3.8, 4) is 5.75 Å². The Morgan fingerprint density at radius 1 is 1.41 bits per heavy atom. The van der Waals surface area contributed by atoms with Crippen LogP contribution in [0.3, 0.4) is 0 Å². The van der Waals surface area contributed by atoms with Crippen LogP contribution in [0.25, 0.3) is 0 Å². The van der Waals surface area contributed by atoms with Gasteiger partial charge < -0.3 is 15.1 Å². The van der Waals surface area contributed by atoms with Gasteiger partial charge in [0.15, 0.2) is 0 Å². The van der Waals surface area contributed by atoms with Crippen LogP contribution in [0.4, 0.5) is 0 Å². The summed E-state index contributed by atoms with van der Waals surface area (Å²) in [5.74, 6) is -1.38. The third-order valence-corrected chi connectivity index (χ3v) is 2.24. The molecule has 1 rings (SSSR count). The van der Waals surface area contributed by atoms with Crippen molar-refractivity contribution < 1.29 is 19.8 Å². The zero-order valence-corrected chi connectivity index (χ0v) is 9.46. The lowest BCUT2D eigenvalue weighted by molar-refractivity contribution is -0.137. The van der Waals surface area contributed by atoms with Gasteiger partial charge in [-0.3, -0.25) is 14.6 Å². The molecule has 0 fully saturated rings. The maximum atomic E-state index is 11.9. The van der Waals surface area contributed by atoms with Crippen molar-refractivity contribution >= 4 is 11.9 Å². The van der Waals surface area contributed by atoms with Gasteiger partial charge in [0.2, 0.25) is 0 Å². The molecule has 1 aromatic rings. The fourth-order valence-electron chi connectivity index (χ4n) is 1.36. The van der Waals surface area contributed by atoms with Crippen molar-refractivity contribution in [2.24, 2.45) is 0 Å². The SMILES string of the molecule is CCN(CCC(=O)O)C(=O)c1cncc(O)c1. The first-order chi connectivity index (χ1) is 8.04. The predicted octanol–water partition coefficient (Wildman–Crippen LogP) is 0.724. The number of aliphatic carboxylic acids is 1. The number of rotatable bonds is 5. The van der Waals surface area contributed by atoms with Gasteiger partial charge in [-0.1, -0.05) is 0 Å². The third kappa shape index (κ3) is 3.75. The van der Waals surface area contributed by atoms with E-state index in [4.69, 9.17) is 5.11 Å². The van der Waals surface area contributed by atoms with E-state index in [-0.39, 0.29) is 30.2 Å². The van der Waals surface area contributed by atoms with Gasteiger partial charge in [-0.25, -0.2) is 0 Å². The van der Waals surface area contributed by atoms with Gasteiger partial charge in [0.05, 0.1) is 18.2 Å². The van der Waals surface area contributed by atoms with Crippen LogP contribution < -0.4 is 0 Å². The summed E-state index contributed by atoms with van der Waals surface area (Å²) in [5, 5.41) is 17.8. The maximum absolute atomic E-state index is 11.9. The van der Waals surface area contributed by atoms with Crippen molar-refractivity contribution in [3.05, 3.63) is 24.0 Å². The van der Waals surface area contributed by atoms with Crippen LogP contribution in [0.5, 0.6) is 5.75 Å². The summed E-state index contributed by atoms with van der Waals surface area (Å²) < 4.78 is 0. The number of carboxylic acids is 1. The molecular weight excluding hydrogens is 224 g/mol. The molecular formula is C11H14N2O4. The molecule has 0 atom stereocenters. The van der Waals surface area contributed by atoms with Crippen LogP contribution in [0.2, 0.25) is 0 Å². The average molecular weight is 238 g/mol. The number of hydrogen-bond donors (Lipinski definition) is 2. The van der Waals surface area contributed by atoms with E-state index < -0.39 is 5.97 Å². The first-order valence-corrected chi connectivity index (χ1v) is 5.19. The van der Waals surface area contributed by atoms with E-state index in [2.05, 4.69) is 4.98 Å². The van der Waals surface area contributed by atoms with E-state index in [0.29, 0.717) is 6.54 Å². The molecule has 1 heterocycles. The number of aromatic nitrogens is 1. The Bertz CT molecular complexity index is 420. The van der Waals surface area contributed by atoms with Gasteiger partial charge in [0, 0.05) is 19.3 Å². The molecule has 0 spiro atoms. The Balaban J connectivity index is 2.75. The van der Waals surface area contributed by atoms with Gasteiger partial charge in [-0.15, -0.1) is 0 Å². The van der Waals surface area contributed by atoms with E-state index in [1.165, 1.54) is 23.4 Å². The molecule has 0 aliphatic rings. The molecule has 6 heteroatoms. The normalized spacial score (nSPS) is 9.94. The van der Waals surface area contributed by atoms with Crippen molar-refractivity contribution in [2.45, 2.75) is 13.3 Å². The summed E-state index contributed by atoms with van der Waals surface area (Å²) in [4.78, 5) is 27.5. The average Bonchev–Trinajstić information content (AvgIpc) is 2.29.